The predicted octanol–water partition coefficient (Wildman–Crippen LogP) is 1.69. The van der Waals surface area contributed by atoms with Crippen LogP contribution in [0.4, 0.5) is 0 Å². The Bertz CT molecular complexity index is 458. The molecule has 0 spiro atoms. The number of ether oxygens (including phenoxy) is 2. The van der Waals surface area contributed by atoms with E-state index in [0.717, 1.165) is 18.7 Å². The van der Waals surface area contributed by atoms with Gasteiger partial charge in [-0.25, -0.2) is 0 Å². The molecule has 0 saturated carbocycles. The van der Waals surface area contributed by atoms with Crippen LogP contribution in [0, 0.1) is 0 Å². The van der Waals surface area contributed by atoms with Gasteiger partial charge in [0.25, 0.3) is 0 Å². The number of nitrogens with one attached hydrogen (secondary N) is 2. The number of rotatable bonds is 10. The summed E-state index contributed by atoms with van der Waals surface area (Å²) in [5.41, 5.74) is 0. The lowest BCUT2D eigenvalue weighted by Gasteiger charge is -2.12. The van der Waals surface area contributed by atoms with Gasteiger partial charge in [-0.15, -0.1) is 0 Å². The Balaban J connectivity index is 2.02. The van der Waals surface area contributed by atoms with Crippen LogP contribution in [0.2, 0.25) is 0 Å². The first-order valence-corrected chi connectivity index (χ1v) is 7.86. The van der Waals surface area contributed by atoms with Crippen LogP contribution in [0.15, 0.2) is 27.8 Å². The molecule has 2 N–H and O–H groups in total. The van der Waals surface area contributed by atoms with E-state index in [2.05, 4.69) is 15.6 Å². The highest BCUT2D eigenvalue weighted by Gasteiger charge is 2.05. The van der Waals surface area contributed by atoms with E-state index in [-0.39, 0.29) is 12.1 Å². The second-order valence-electron chi connectivity index (χ2n) is 5.20. The molecule has 0 aliphatic heterocycles. The first-order valence-electron chi connectivity index (χ1n) is 7.86. The molecule has 0 atom stereocenters. The van der Waals surface area contributed by atoms with Crippen LogP contribution in [0.3, 0.4) is 0 Å². The van der Waals surface area contributed by atoms with Gasteiger partial charge in [-0.2, -0.15) is 0 Å². The Labute approximate surface area is 137 Å². The third kappa shape index (κ3) is 9.57. The van der Waals surface area contributed by atoms with E-state index < -0.39 is 0 Å². The first-order chi connectivity index (χ1) is 11.1. The highest BCUT2D eigenvalue weighted by molar-refractivity contribution is 5.80. The van der Waals surface area contributed by atoms with Gasteiger partial charge in [-0.05, 0) is 32.4 Å². The van der Waals surface area contributed by atoms with E-state index in [4.69, 9.17) is 13.9 Å². The van der Waals surface area contributed by atoms with Gasteiger partial charge in [0.05, 0.1) is 18.8 Å². The molecule has 0 aliphatic rings. The Morgan fingerprint density at radius 1 is 1.35 bits per heavy atom. The summed E-state index contributed by atoms with van der Waals surface area (Å²) in [4.78, 5) is 15.5. The van der Waals surface area contributed by atoms with Crippen molar-refractivity contribution < 1.29 is 18.7 Å². The number of furan rings is 1. The molecule has 0 amide bonds. The fourth-order valence-corrected chi connectivity index (χ4v) is 1.77. The zero-order valence-electron chi connectivity index (χ0n) is 14.1. The van der Waals surface area contributed by atoms with Crippen molar-refractivity contribution >= 4 is 11.9 Å². The molecular formula is C16H27N3O4. The summed E-state index contributed by atoms with van der Waals surface area (Å²) in [5.74, 6) is 1.27. The number of carbonyl (C=O) groups is 1. The van der Waals surface area contributed by atoms with E-state index >= 15 is 0 Å². The topological polar surface area (TPSA) is 85.1 Å². The Kier molecular flexibility index (Phi) is 9.54. The van der Waals surface area contributed by atoms with E-state index in [1.54, 1.807) is 13.3 Å². The van der Waals surface area contributed by atoms with Crippen LogP contribution in [0.25, 0.3) is 0 Å². The fraction of sp³-hybridized carbons (Fsp3) is 0.625. The quantitative estimate of drug-likeness (QED) is 0.295. The lowest BCUT2D eigenvalue weighted by atomic mass is 10.4. The van der Waals surface area contributed by atoms with Crippen LogP contribution in [0.1, 0.15) is 32.4 Å². The van der Waals surface area contributed by atoms with Crippen molar-refractivity contribution in [3.63, 3.8) is 0 Å². The van der Waals surface area contributed by atoms with E-state index in [0.29, 0.717) is 32.1 Å². The second-order valence-corrected chi connectivity index (χ2v) is 5.20. The molecule has 1 heterocycles. The minimum atomic E-state index is -0.214. The van der Waals surface area contributed by atoms with Gasteiger partial charge < -0.3 is 24.5 Å². The van der Waals surface area contributed by atoms with Gasteiger partial charge in [-0.3, -0.25) is 9.79 Å². The molecule has 7 heteroatoms. The van der Waals surface area contributed by atoms with E-state index in [1.165, 1.54) is 0 Å². The maximum Gasteiger partial charge on any atom is 0.307 e. The Morgan fingerprint density at radius 2 is 2.13 bits per heavy atom. The Morgan fingerprint density at radius 3 is 2.78 bits per heavy atom. The van der Waals surface area contributed by atoms with Crippen LogP contribution >= 0.6 is 0 Å². The lowest BCUT2D eigenvalue weighted by molar-refractivity contribution is -0.147. The molecular weight excluding hydrogens is 298 g/mol. The van der Waals surface area contributed by atoms with Crippen molar-refractivity contribution in [2.24, 2.45) is 4.99 Å². The van der Waals surface area contributed by atoms with Crippen molar-refractivity contribution in [1.82, 2.24) is 10.6 Å². The van der Waals surface area contributed by atoms with Gasteiger partial charge in [0.15, 0.2) is 5.96 Å². The minimum Gasteiger partial charge on any atom is -0.467 e. The van der Waals surface area contributed by atoms with Gasteiger partial charge in [0.1, 0.15) is 12.4 Å². The number of aliphatic imine (C=N–C) groups is 1. The smallest absolute Gasteiger partial charge is 0.307 e. The van der Waals surface area contributed by atoms with E-state index in [9.17, 15) is 4.79 Å². The van der Waals surface area contributed by atoms with Gasteiger partial charge in [0.2, 0.25) is 0 Å². The largest absolute Gasteiger partial charge is 0.467 e. The maximum atomic E-state index is 11.4. The number of nitrogens with zero attached hydrogens (tertiary/aromatic N) is 1. The normalized spacial score (nSPS) is 11.6. The fourth-order valence-electron chi connectivity index (χ4n) is 1.77. The van der Waals surface area contributed by atoms with Crippen molar-refractivity contribution in [3.05, 3.63) is 24.2 Å². The minimum absolute atomic E-state index is 0.0823. The molecule has 0 saturated heterocycles. The molecule has 0 bridgehead atoms. The van der Waals surface area contributed by atoms with Gasteiger partial charge in [0, 0.05) is 26.7 Å². The summed E-state index contributed by atoms with van der Waals surface area (Å²) in [6, 6.07) is 3.72. The van der Waals surface area contributed by atoms with Crippen molar-refractivity contribution in [2.45, 2.75) is 39.4 Å². The summed E-state index contributed by atoms with van der Waals surface area (Å²) in [5, 5.41) is 6.23. The van der Waals surface area contributed by atoms with Crippen LogP contribution in [-0.2, 0) is 20.9 Å². The number of hydrogen-bond donors (Lipinski definition) is 2. The molecule has 0 fully saturated rings. The first kappa shape index (κ1) is 19.0. The molecule has 0 aliphatic carbocycles. The SMILES string of the molecule is CN=C(NCCCOCc1ccco1)NCCC(=O)OC(C)C. The average molecular weight is 325 g/mol. The molecule has 1 aromatic rings. The average Bonchev–Trinajstić information content (AvgIpc) is 3.01. The predicted molar refractivity (Wildman–Crippen MR) is 88.2 cm³/mol. The molecule has 1 rings (SSSR count). The second kappa shape index (κ2) is 11.5. The van der Waals surface area contributed by atoms with Crippen molar-refractivity contribution in [1.29, 1.82) is 0 Å². The zero-order chi connectivity index (χ0) is 16.9. The summed E-state index contributed by atoms with van der Waals surface area (Å²) in [6.07, 6.45) is 2.70. The molecule has 0 unspecified atom stereocenters. The summed E-state index contributed by atoms with van der Waals surface area (Å²) < 4.78 is 15.7. The summed E-state index contributed by atoms with van der Waals surface area (Å²) >= 11 is 0. The van der Waals surface area contributed by atoms with Crippen LogP contribution < -0.4 is 10.6 Å². The van der Waals surface area contributed by atoms with E-state index in [1.807, 2.05) is 26.0 Å². The number of guanidine groups is 1. The molecule has 23 heavy (non-hydrogen) atoms. The molecule has 0 aromatic carbocycles. The van der Waals surface area contributed by atoms with Gasteiger partial charge >= 0.3 is 5.97 Å². The summed E-state index contributed by atoms with van der Waals surface area (Å²) in [6.45, 7) is 6.00. The van der Waals surface area contributed by atoms with Crippen LogP contribution in [0.5, 0.6) is 0 Å². The Hall–Kier alpha value is -2.02. The van der Waals surface area contributed by atoms with Crippen molar-refractivity contribution in [2.75, 3.05) is 26.7 Å². The molecule has 0 radical (unpaired) electrons. The monoisotopic (exact) mass is 325 g/mol. The maximum absolute atomic E-state index is 11.4. The van der Waals surface area contributed by atoms with Gasteiger partial charge in [-0.1, -0.05) is 0 Å². The third-order valence-corrected chi connectivity index (χ3v) is 2.79. The third-order valence-electron chi connectivity index (χ3n) is 2.79. The highest BCUT2D eigenvalue weighted by atomic mass is 16.5. The lowest BCUT2D eigenvalue weighted by Crippen LogP contribution is -2.39. The van der Waals surface area contributed by atoms with Crippen LogP contribution in [-0.4, -0.2) is 44.8 Å². The molecule has 7 nitrogen and oxygen atoms in total. The molecule has 130 valence electrons. The number of esters is 1. The number of carbonyl (C=O) groups excluding carboxylic acids is 1. The zero-order valence-corrected chi connectivity index (χ0v) is 14.1. The van der Waals surface area contributed by atoms with Crippen molar-refractivity contribution in [3.8, 4) is 0 Å². The number of hydrogen-bond acceptors (Lipinski definition) is 5. The molecule has 1 aromatic heterocycles. The highest BCUT2D eigenvalue weighted by Crippen LogP contribution is 2.01. The summed E-state index contributed by atoms with van der Waals surface area (Å²) in [7, 11) is 1.69. The standard InChI is InChI=1S/C16H27N3O4/c1-13(2)23-15(20)7-9-19-16(17-3)18-8-5-10-21-12-14-6-4-11-22-14/h4,6,11,13H,5,7-10,12H2,1-3H3,(H2,17,18,19).